The molecule has 7 heteroatoms. The molecule has 0 aromatic carbocycles. The van der Waals surface area contributed by atoms with Gasteiger partial charge in [0.1, 0.15) is 0 Å². The molecule has 0 unspecified atom stereocenters. The molecule has 0 N–H and O–H groups in total. The van der Waals surface area contributed by atoms with Crippen molar-refractivity contribution in [3.05, 3.63) is 11.8 Å². The van der Waals surface area contributed by atoms with Crippen LogP contribution in [0.1, 0.15) is 30.4 Å². The number of hydrogen-bond acceptors (Lipinski definition) is 5. The van der Waals surface area contributed by atoms with Crippen LogP contribution in [0.2, 0.25) is 0 Å². The minimum Gasteiger partial charge on any atom is -0.417 e. The fourth-order valence-corrected chi connectivity index (χ4v) is 2.01. The van der Waals surface area contributed by atoms with Gasteiger partial charge in [-0.15, -0.1) is 10.2 Å². The second-order valence-corrected chi connectivity index (χ2v) is 4.90. The van der Waals surface area contributed by atoms with Crippen molar-refractivity contribution >= 4 is 11.8 Å². The summed E-state index contributed by atoms with van der Waals surface area (Å²) < 4.78 is 5.12. The molecule has 0 aliphatic carbocycles. The average Bonchev–Trinajstić information content (AvgIpc) is 2.84. The van der Waals surface area contributed by atoms with E-state index >= 15 is 0 Å². The fourth-order valence-electron chi connectivity index (χ4n) is 2.01. The van der Waals surface area contributed by atoms with Crippen LogP contribution < -0.4 is 0 Å². The highest BCUT2D eigenvalue weighted by Gasteiger charge is 2.28. The Labute approximate surface area is 111 Å². The molecule has 2 amide bonds. The molecule has 1 aliphatic rings. The van der Waals surface area contributed by atoms with Crippen molar-refractivity contribution in [2.45, 2.75) is 20.8 Å². The van der Waals surface area contributed by atoms with E-state index in [0.717, 1.165) is 0 Å². The van der Waals surface area contributed by atoms with Gasteiger partial charge in [-0.25, -0.2) is 0 Å². The molecule has 0 saturated carbocycles. The van der Waals surface area contributed by atoms with Gasteiger partial charge >= 0.3 is 11.8 Å². The molecular weight excluding hydrogens is 248 g/mol. The van der Waals surface area contributed by atoms with Crippen LogP contribution in [-0.4, -0.2) is 58.0 Å². The Balaban J connectivity index is 1.93. The smallest absolute Gasteiger partial charge is 0.311 e. The summed E-state index contributed by atoms with van der Waals surface area (Å²) in [6, 6.07) is 0. The molecule has 2 rings (SSSR count). The van der Waals surface area contributed by atoms with E-state index in [2.05, 4.69) is 10.2 Å². The van der Waals surface area contributed by atoms with Gasteiger partial charge in [-0.3, -0.25) is 9.59 Å². The van der Waals surface area contributed by atoms with Crippen LogP contribution in [0, 0.1) is 12.8 Å². The van der Waals surface area contributed by atoms with Gasteiger partial charge in [0, 0.05) is 39.0 Å². The SMILES string of the molecule is Cc1nnc(C(=O)N2CCN(C(=O)C(C)C)CC2)o1. The molecule has 1 aromatic rings. The summed E-state index contributed by atoms with van der Waals surface area (Å²) >= 11 is 0. The maximum absolute atomic E-state index is 12.0. The highest BCUT2D eigenvalue weighted by atomic mass is 16.4. The lowest BCUT2D eigenvalue weighted by Gasteiger charge is -2.34. The van der Waals surface area contributed by atoms with Crippen LogP contribution in [-0.2, 0) is 4.79 Å². The van der Waals surface area contributed by atoms with Gasteiger partial charge in [-0.05, 0) is 0 Å². The number of rotatable bonds is 2. The standard InChI is InChI=1S/C12H18N4O3/c1-8(2)11(17)15-4-6-16(7-5-15)12(18)10-14-13-9(3)19-10/h8H,4-7H2,1-3H3. The Kier molecular flexibility index (Phi) is 3.82. The lowest BCUT2D eigenvalue weighted by molar-refractivity contribution is -0.135. The summed E-state index contributed by atoms with van der Waals surface area (Å²) in [5, 5.41) is 7.36. The van der Waals surface area contributed by atoms with E-state index in [9.17, 15) is 9.59 Å². The number of hydrogen-bond donors (Lipinski definition) is 0. The van der Waals surface area contributed by atoms with Gasteiger partial charge in [0.25, 0.3) is 0 Å². The number of aromatic nitrogens is 2. The number of carbonyl (C=O) groups excluding carboxylic acids is 2. The van der Waals surface area contributed by atoms with Crippen molar-refractivity contribution < 1.29 is 14.0 Å². The number of carbonyl (C=O) groups is 2. The van der Waals surface area contributed by atoms with Gasteiger partial charge in [0.2, 0.25) is 11.8 Å². The van der Waals surface area contributed by atoms with Crippen molar-refractivity contribution in [2.75, 3.05) is 26.2 Å². The van der Waals surface area contributed by atoms with Gasteiger partial charge in [0.05, 0.1) is 0 Å². The summed E-state index contributed by atoms with van der Waals surface area (Å²) in [5.41, 5.74) is 0. The maximum atomic E-state index is 12.0. The zero-order chi connectivity index (χ0) is 14.0. The number of piperazine rings is 1. The minimum atomic E-state index is -0.266. The zero-order valence-corrected chi connectivity index (χ0v) is 11.4. The first-order valence-electron chi connectivity index (χ1n) is 6.37. The number of nitrogens with zero attached hydrogens (tertiary/aromatic N) is 4. The van der Waals surface area contributed by atoms with E-state index in [1.807, 2.05) is 13.8 Å². The molecule has 0 radical (unpaired) electrons. The van der Waals surface area contributed by atoms with E-state index in [0.29, 0.717) is 32.1 Å². The Morgan fingerprint density at radius 1 is 1.11 bits per heavy atom. The molecule has 1 fully saturated rings. The van der Waals surface area contributed by atoms with Gasteiger partial charge in [-0.1, -0.05) is 13.8 Å². The molecule has 19 heavy (non-hydrogen) atoms. The number of aryl methyl sites for hydroxylation is 1. The van der Waals surface area contributed by atoms with Crippen molar-refractivity contribution in [2.24, 2.45) is 5.92 Å². The highest BCUT2D eigenvalue weighted by Crippen LogP contribution is 2.10. The number of amides is 2. The molecule has 1 aromatic heterocycles. The van der Waals surface area contributed by atoms with Crippen LogP contribution in [0.15, 0.2) is 4.42 Å². The van der Waals surface area contributed by atoms with Crippen LogP contribution in [0.4, 0.5) is 0 Å². The molecule has 2 heterocycles. The third-order valence-electron chi connectivity index (χ3n) is 3.08. The van der Waals surface area contributed by atoms with Crippen molar-refractivity contribution in [1.82, 2.24) is 20.0 Å². The summed E-state index contributed by atoms with van der Waals surface area (Å²) in [6.45, 7) is 7.49. The quantitative estimate of drug-likeness (QED) is 0.770. The second-order valence-electron chi connectivity index (χ2n) is 4.90. The maximum Gasteiger partial charge on any atom is 0.311 e. The molecule has 0 spiro atoms. The normalized spacial score (nSPS) is 16.0. The molecule has 1 aliphatic heterocycles. The van der Waals surface area contributed by atoms with E-state index in [1.165, 1.54) is 0 Å². The predicted octanol–water partition coefficient (Wildman–Crippen LogP) is 0.318. The first-order chi connectivity index (χ1) is 8.99. The highest BCUT2D eigenvalue weighted by molar-refractivity contribution is 5.89. The third kappa shape index (κ3) is 2.91. The first-order valence-corrected chi connectivity index (χ1v) is 6.37. The van der Waals surface area contributed by atoms with Gasteiger partial charge in [0.15, 0.2) is 0 Å². The first kappa shape index (κ1) is 13.5. The van der Waals surface area contributed by atoms with E-state index in [1.54, 1.807) is 16.7 Å². The zero-order valence-electron chi connectivity index (χ0n) is 11.4. The van der Waals surface area contributed by atoms with Crippen molar-refractivity contribution in [1.29, 1.82) is 0 Å². The van der Waals surface area contributed by atoms with E-state index < -0.39 is 0 Å². The molecule has 104 valence electrons. The van der Waals surface area contributed by atoms with E-state index in [-0.39, 0.29) is 23.6 Å². The largest absolute Gasteiger partial charge is 0.417 e. The summed E-state index contributed by atoms with van der Waals surface area (Å²) in [5.74, 6) is 0.233. The molecule has 0 bridgehead atoms. The van der Waals surface area contributed by atoms with Crippen LogP contribution in [0.3, 0.4) is 0 Å². The summed E-state index contributed by atoms with van der Waals surface area (Å²) in [6.07, 6.45) is 0. The lowest BCUT2D eigenvalue weighted by Crippen LogP contribution is -2.51. The molecular formula is C12H18N4O3. The Bertz CT molecular complexity index is 475. The van der Waals surface area contributed by atoms with Crippen molar-refractivity contribution in [3.8, 4) is 0 Å². The van der Waals surface area contributed by atoms with Crippen LogP contribution in [0.5, 0.6) is 0 Å². The average molecular weight is 266 g/mol. The third-order valence-corrected chi connectivity index (χ3v) is 3.08. The topological polar surface area (TPSA) is 79.5 Å². The van der Waals surface area contributed by atoms with Gasteiger partial charge < -0.3 is 14.2 Å². The predicted molar refractivity (Wildman–Crippen MR) is 66.4 cm³/mol. The lowest BCUT2D eigenvalue weighted by atomic mass is 10.1. The Hall–Kier alpha value is -1.92. The minimum absolute atomic E-state index is 0.0131. The Morgan fingerprint density at radius 3 is 2.16 bits per heavy atom. The molecule has 0 atom stereocenters. The van der Waals surface area contributed by atoms with Gasteiger partial charge in [-0.2, -0.15) is 0 Å². The summed E-state index contributed by atoms with van der Waals surface area (Å²) in [4.78, 5) is 27.3. The summed E-state index contributed by atoms with van der Waals surface area (Å²) in [7, 11) is 0. The van der Waals surface area contributed by atoms with Crippen LogP contribution >= 0.6 is 0 Å². The monoisotopic (exact) mass is 266 g/mol. The Morgan fingerprint density at radius 2 is 1.68 bits per heavy atom. The van der Waals surface area contributed by atoms with Crippen molar-refractivity contribution in [3.63, 3.8) is 0 Å². The second kappa shape index (κ2) is 5.38. The molecule has 1 saturated heterocycles. The molecule has 7 nitrogen and oxygen atoms in total. The fraction of sp³-hybridized carbons (Fsp3) is 0.667. The van der Waals surface area contributed by atoms with Crippen LogP contribution in [0.25, 0.3) is 0 Å². The van der Waals surface area contributed by atoms with E-state index in [4.69, 9.17) is 4.42 Å².